The van der Waals surface area contributed by atoms with E-state index in [1.165, 1.54) is 5.56 Å². The van der Waals surface area contributed by atoms with Gasteiger partial charge < -0.3 is 15.0 Å². The van der Waals surface area contributed by atoms with Crippen LogP contribution in [0.1, 0.15) is 34.5 Å². The van der Waals surface area contributed by atoms with Crippen molar-refractivity contribution in [3.8, 4) is 0 Å². The molecule has 1 aromatic heterocycles. The number of carbonyl (C=O) groups is 1. The van der Waals surface area contributed by atoms with Crippen LogP contribution in [-0.2, 0) is 0 Å². The number of likely N-dealkylation sites (tertiary alicyclic amines) is 1. The van der Waals surface area contributed by atoms with Gasteiger partial charge >= 0.3 is 0 Å². The molecule has 4 heteroatoms. The molecule has 4 nitrogen and oxygen atoms in total. The fourth-order valence-corrected chi connectivity index (χ4v) is 2.97. The third kappa shape index (κ3) is 2.10. The number of amides is 1. The third-order valence-corrected chi connectivity index (χ3v) is 4.26. The van der Waals surface area contributed by atoms with E-state index in [2.05, 4.69) is 11.9 Å². The quantitative estimate of drug-likeness (QED) is 0.837. The summed E-state index contributed by atoms with van der Waals surface area (Å²) in [5, 5.41) is 10.8. The highest BCUT2D eigenvalue weighted by molar-refractivity contribution is 6.06. The lowest BCUT2D eigenvalue weighted by molar-refractivity contribution is 0.0475. The molecule has 20 heavy (non-hydrogen) atoms. The molecule has 1 aliphatic rings. The number of aliphatic hydroxyl groups is 1. The highest BCUT2D eigenvalue weighted by Crippen LogP contribution is 2.25. The van der Waals surface area contributed by atoms with Gasteiger partial charge in [-0.05, 0) is 38.3 Å². The lowest BCUT2D eigenvalue weighted by Gasteiger charge is -2.30. The van der Waals surface area contributed by atoms with E-state index in [0.717, 1.165) is 36.0 Å². The zero-order valence-electron chi connectivity index (χ0n) is 11.9. The van der Waals surface area contributed by atoms with E-state index in [0.29, 0.717) is 12.1 Å². The second-order valence-corrected chi connectivity index (χ2v) is 5.65. The summed E-state index contributed by atoms with van der Waals surface area (Å²) in [7, 11) is 0. The molecule has 0 bridgehead atoms. The minimum Gasteiger partial charge on any atom is -0.391 e. The maximum absolute atomic E-state index is 12.7. The number of nitrogens with zero attached hydrogens (tertiary/aromatic N) is 1. The molecule has 1 aromatic carbocycles. The number of aliphatic hydroxyl groups excluding tert-OH is 1. The number of piperidine rings is 1. The average Bonchev–Trinajstić information content (AvgIpc) is 2.74. The molecular weight excluding hydrogens is 252 g/mol. The molecule has 0 unspecified atom stereocenters. The normalized spacial score (nSPS) is 19.6. The Morgan fingerprint density at radius 1 is 1.40 bits per heavy atom. The first-order valence-corrected chi connectivity index (χ1v) is 7.13. The Bertz CT molecular complexity index is 660. The van der Waals surface area contributed by atoms with Crippen LogP contribution >= 0.6 is 0 Å². The molecule has 106 valence electrons. The molecule has 1 aliphatic heterocycles. The van der Waals surface area contributed by atoms with E-state index in [-0.39, 0.29) is 12.0 Å². The summed E-state index contributed by atoms with van der Waals surface area (Å²) < 4.78 is 0. The zero-order valence-corrected chi connectivity index (χ0v) is 11.9. The SMILES string of the molecule is Cc1[nH]c2c(C(=O)N3CCC[C@@H](O)C3)cccc2c1C. The maximum atomic E-state index is 12.7. The number of rotatable bonds is 1. The first-order chi connectivity index (χ1) is 9.58. The lowest BCUT2D eigenvalue weighted by atomic mass is 10.0. The fourth-order valence-electron chi connectivity index (χ4n) is 2.97. The summed E-state index contributed by atoms with van der Waals surface area (Å²) in [6.45, 7) is 5.25. The van der Waals surface area contributed by atoms with Crippen molar-refractivity contribution in [2.45, 2.75) is 32.8 Å². The topological polar surface area (TPSA) is 56.3 Å². The molecule has 1 saturated heterocycles. The monoisotopic (exact) mass is 272 g/mol. The molecule has 1 atom stereocenters. The Kier molecular flexibility index (Phi) is 3.26. The Labute approximate surface area is 118 Å². The summed E-state index contributed by atoms with van der Waals surface area (Å²) >= 11 is 0. The third-order valence-electron chi connectivity index (χ3n) is 4.26. The number of nitrogens with one attached hydrogen (secondary N) is 1. The number of hydrogen-bond donors (Lipinski definition) is 2. The molecule has 2 aromatic rings. The number of hydrogen-bond acceptors (Lipinski definition) is 2. The summed E-state index contributed by atoms with van der Waals surface area (Å²) in [6, 6.07) is 5.83. The summed E-state index contributed by atoms with van der Waals surface area (Å²) in [6.07, 6.45) is 1.26. The van der Waals surface area contributed by atoms with Crippen molar-refractivity contribution in [1.29, 1.82) is 0 Å². The molecular formula is C16H20N2O2. The van der Waals surface area contributed by atoms with E-state index in [1.54, 1.807) is 4.90 Å². The van der Waals surface area contributed by atoms with Gasteiger partial charge in [-0.2, -0.15) is 0 Å². The number of fused-ring (bicyclic) bond motifs is 1. The summed E-state index contributed by atoms with van der Waals surface area (Å²) in [4.78, 5) is 17.7. The largest absolute Gasteiger partial charge is 0.391 e. The molecule has 0 aliphatic carbocycles. The molecule has 0 spiro atoms. The molecule has 0 radical (unpaired) electrons. The van der Waals surface area contributed by atoms with E-state index < -0.39 is 0 Å². The number of carbonyl (C=O) groups excluding carboxylic acids is 1. The number of para-hydroxylation sites is 1. The van der Waals surface area contributed by atoms with Gasteiger partial charge in [0.15, 0.2) is 0 Å². The molecule has 1 fully saturated rings. The predicted molar refractivity (Wildman–Crippen MR) is 78.9 cm³/mol. The van der Waals surface area contributed by atoms with Crippen LogP contribution in [0.4, 0.5) is 0 Å². The number of aromatic amines is 1. The van der Waals surface area contributed by atoms with E-state index in [1.807, 2.05) is 25.1 Å². The second-order valence-electron chi connectivity index (χ2n) is 5.65. The van der Waals surface area contributed by atoms with Gasteiger partial charge in [0.1, 0.15) is 0 Å². The van der Waals surface area contributed by atoms with E-state index in [4.69, 9.17) is 0 Å². The van der Waals surface area contributed by atoms with Gasteiger partial charge in [0.05, 0.1) is 17.2 Å². The Balaban J connectivity index is 2.01. The minimum atomic E-state index is -0.390. The molecule has 0 saturated carbocycles. The van der Waals surface area contributed by atoms with E-state index in [9.17, 15) is 9.90 Å². The van der Waals surface area contributed by atoms with E-state index >= 15 is 0 Å². The number of β-amino-alcohol motifs (C(OH)–C–C–N with tert-alkyl or cyclic N) is 1. The van der Waals surface area contributed by atoms with Gasteiger partial charge in [0, 0.05) is 24.2 Å². The first-order valence-electron chi connectivity index (χ1n) is 7.13. The van der Waals surface area contributed by atoms with Gasteiger partial charge in [0.2, 0.25) is 0 Å². The average molecular weight is 272 g/mol. The van der Waals surface area contributed by atoms with Crippen molar-refractivity contribution in [3.05, 3.63) is 35.0 Å². The predicted octanol–water partition coefficient (Wildman–Crippen LogP) is 2.38. The van der Waals surface area contributed by atoms with Crippen molar-refractivity contribution in [3.63, 3.8) is 0 Å². The van der Waals surface area contributed by atoms with Crippen LogP contribution in [0.5, 0.6) is 0 Å². The van der Waals surface area contributed by atoms with Crippen molar-refractivity contribution in [2.24, 2.45) is 0 Å². The molecule has 3 rings (SSSR count). The first kappa shape index (κ1) is 13.2. The smallest absolute Gasteiger partial charge is 0.256 e. The highest BCUT2D eigenvalue weighted by atomic mass is 16.3. The Morgan fingerprint density at radius 3 is 2.95 bits per heavy atom. The Morgan fingerprint density at radius 2 is 2.20 bits per heavy atom. The summed E-state index contributed by atoms with van der Waals surface area (Å²) in [5.41, 5.74) is 3.90. The fraction of sp³-hybridized carbons (Fsp3) is 0.438. The van der Waals surface area contributed by atoms with Crippen molar-refractivity contribution >= 4 is 16.8 Å². The highest BCUT2D eigenvalue weighted by Gasteiger charge is 2.24. The van der Waals surface area contributed by atoms with Gasteiger partial charge in [-0.1, -0.05) is 12.1 Å². The maximum Gasteiger partial charge on any atom is 0.256 e. The van der Waals surface area contributed by atoms with Crippen LogP contribution in [-0.4, -0.2) is 40.1 Å². The van der Waals surface area contributed by atoms with Gasteiger partial charge in [-0.3, -0.25) is 4.79 Å². The number of benzene rings is 1. The zero-order chi connectivity index (χ0) is 14.3. The van der Waals surface area contributed by atoms with Crippen LogP contribution in [0.15, 0.2) is 18.2 Å². The van der Waals surface area contributed by atoms with Crippen LogP contribution in [0, 0.1) is 13.8 Å². The number of H-pyrrole nitrogens is 1. The van der Waals surface area contributed by atoms with Gasteiger partial charge in [-0.25, -0.2) is 0 Å². The second kappa shape index (κ2) is 4.94. The van der Waals surface area contributed by atoms with Crippen LogP contribution in [0.3, 0.4) is 0 Å². The van der Waals surface area contributed by atoms with Crippen molar-refractivity contribution < 1.29 is 9.90 Å². The lowest BCUT2D eigenvalue weighted by Crippen LogP contribution is -2.42. The van der Waals surface area contributed by atoms with Crippen LogP contribution in [0.2, 0.25) is 0 Å². The standard InChI is InChI=1S/C16H20N2O2/c1-10-11(2)17-15-13(10)6-3-7-14(15)16(20)18-8-4-5-12(19)9-18/h3,6-7,12,17,19H,4-5,8-9H2,1-2H3/t12-/m1/s1. The van der Waals surface area contributed by atoms with Crippen LogP contribution in [0.25, 0.3) is 10.9 Å². The summed E-state index contributed by atoms with van der Waals surface area (Å²) in [5.74, 6) is 0.00981. The van der Waals surface area contributed by atoms with Gasteiger partial charge in [0.25, 0.3) is 5.91 Å². The minimum absolute atomic E-state index is 0.00981. The van der Waals surface area contributed by atoms with Crippen LogP contribution < -0.4 is 0 Å². The van der Waals surface area contributed by atoms with Crippen molar-refractivity contribution in [1.82, 2.24) is 9.88 Å². The van der Waals surface area contributed by atoms with Gasteiger partial charge in [-0.15, -0.1) is 0 Å². The molecule has 2 heterocycles. The van der Waals surface area contributed by atoms with Crippen molar-refractivity contribution in [2.75, 3.05) is 13.1 Å². The number of aryl methyl sites for hydroxylation is 2. The molecule has 1 amide bonds. The number of aromatic nitrogens is 1. The Hall–Kier alpha value is -1.81. The molecule has 2 N–H and O–H groups in total.